The normalized spacial score (nSPS) is 10.4. The number of hydrogen-bond acceptors (Lipinski definition) is 3. The van der Waals surface area contributed by atoms with Crippen LogP contribution in [0.25, 0.3) is 11.3 Å². The molecule has 0 unspecified atom stereocenters. The van der Waals surface area contributed by atoms with E-state index in [1.54, 1.807) is 12.4 Å². The van der Waals surface area contributed by atoms with Gasteiger partial charge in [-0.15, -0.1) is 0 Å². The molecule has 2 N–H and O–H groups in total. The van der Waals surface area contributed by atoms with Crippen LogP contribution < -0.4 is 5.73 Å². The number of imidazole rings is 1. The van der Waals surface area contributed by atoms with Crippen LogP contribution >= 0.6 is 0 Å². The predicted octanol–water partition coefficient (Wildman–Crippen LogP) is 1.37. The Bertz CT molecular complexity index is 445. The van der Waals surface area contributed by atoms with Crippen LogP contribution in [-0.2, 0) is 7.05 Å². The van der Waals surface area contributed by atoms with E-state index in [2.05, 4.69) is 9.97 Å². The maximum Gasteiger partial charge on any atom is 0.200 e. The SMILES string of the molecule is Cc1nc(N)n(C)c1-c1ccncc1. The molecular formula is C10H12N4. The van der Waals surface area contributed by atoms with Crippen LogP contribution in [0.4, 0.5) is 5.95 Å². The number of nitrogens with two attached hydrogens (primary N) is 1. The van der Waals surface area contributed by atoms with Crippen molar-refractivity contribution in [2.45, 2.75) is 6.92 Å². The van der Waals surface area contributed by atoms with Gasteiger partial charge in [0, 0.05) is 25.0 Å². The molecule has 4 nitrogen and oxygen atoms in total. The molecule has 0 radical (unpaired) electrons. The van der Waals surface area contributed by atoms with Crippen molar-refractivity contribution in [3.05, 3.63) is 30.2 Å². The molecule has 0 saturated carbocycles. The van der Waals surface area contributed by atoms with Crippen molar-refractivity contribution in [3.63, 3.8) is 0 Å². The fourth-order valence-electron chi connectivity index (χ4n) is 1.57. The third kappa shape index (κ3) is 1.25. The number of aryl methyl sites for hydroxylation is 1. The van der Waals surface area contributed by atoms with E-state index in [0.29, 0.717) is 5.95 Å². The molecule has 0 aliphatic carbocycles. The van der Waals surface area contributed by atoms with Gasteiger partial charge in [-0.25, -0.2) is 4.98 Å². The van der Waals surface area contributed by atoms with E-state index in [-0.39, 0.29) is 0 Å². The van der Waals surface area contributed by atoms with Gasteiger partial charge < -0.3 is 10.3 Å². The third-order valence-electron chi connectivity index (χ3n) is 2.26. The molecule has 0 amide bonds. The maximum absolute atomic E-state index is 5.72. The van der Waals surface area contributed by atoms with Crippen molar-refractivity contribution < 1.29 is 0 Å². The second-order valence-electron chi connectivity index (χ2n) is 3.20. The number of aromatic nitrogens is 3. The van der Waals surface area contributed by atoms with Gasteiger partial charge in [0.05, 0.1) is 11.4 Å². The zero-order valence-electron chi connectivity index (χ0n) is 8.23. The summed E-state index contributed by atoms with van der Waals surface area (Å²) in [6.07, 6.45) is 3.52. The Kier molecular flexibility index (Phi) is 1.96. The standard InChI is InChI=1S/C10H12N4/c1-7-9(14(2)10(11)13-7)8-3-5-12-6-4-8/h3-6H,1-2H3,(H2,11,13). The van der Waals surface area contributed by atoms with Crippen LogP contribution in [0.1, 0.15) is 5.69 Å². The zero-order chi connectivity index (χ0) is 10.1. The number of rotatable bonds is 1. The largest absolute Gasteiger partial charge is 0.369 e. The Hall–Kier alpha value is -1.84. The van der Waals surface area contributed by atoms with Crippen molar-refractivity contribution in [3.8, 4) is 11.3 Å². The Morgan fingerprint density at radius 3 is 2.43 bits per heavy atom. The van der Waals surface area contributed by atoms with E-state index in [1.165, 1.54) is 0 Å². The lowest BCUT2D eigenvalue weighted by Crippen LogP contribution is -1.98. The van der Waals surface area contributed by atoms with Crippen LogP contribution in [0.3, 0.4) is 0 Å². The maximum atomic E-state index is 5.72. The molecule has 2 aromatic heterocycles. The first-order valence-electron chi connectivity index (χ1n) is 4.39. The van der Waals surface area contributed by atoms with E-state index in [1.807, 2.05) is 30.7 Å². The van der Waals surface area contributed by atoms with Gasteiger partial charge in [0.25, 0.3) is 0 Å². The van der Waals surface area contributed by atoms with Crippen molar-refractivity contribution in [2.24, 2.45) is 7.05 Å². The highest BCUT2D eigenvalue weighted by molar-refractivity contribution is 5.63. The van der Waals surface area contributed by atoms with Gasteiger partial charge in [-0.1, -0.05) is 0 Å². The van der Waals surface area contributed by atoms with Crippen molar-refractivity contribution >= 4 is 5.95 Å². The van der Waals surface area contributed by atoms with Crippen LogP contribution in [0.5, 0.6) is 0 Å². The van der Waals surface area contributed by atoms with Crippen LogP contribution in [0.2, 0.25) is 0 Å². The molecule has 2 aromatic rings. The lowest BCUT2D eigenvalue weighted by Gasteiger charge is -2.03. The number of nitrogens with zero attached hydrogens (tertiary/aromatic N) is 3. The summed E-state index contributed by atoms with van der Waals surface area (Å²) in [6, 6.07) is 3.90. The summed E-state index contributed by atoms with van der Waals surface area (Å²) in [4.78, 5) is 8.18. The lowest BCUT2D eigenvalue weighted by atomic mass is 10.1. The fourth-order valence-corrected chi connectivity index (χ4v) is 1.57. The molecule has 0 spiro atoms. The molecule has 14 heavy (non-hydrogen) atoms. The Morgan fingerprint density at radius 1 is 1.29 bits per heavy atom. The smallest absolute Gasteiger partial charge is 0.200 e. The Morgan fingerprint density at radius 2 is 1.93 bits per heavy atom. The molecule has 72 valence electrons. The van der Waals surface area contributed by atoms with Crippen LogP contribution in [0.15, 0.2) is 24.5 Å². The van der Waals surface area contributed by atoms with Crippen molar-refractivity contribution in [1.82, 2.24) is 14.5 Å². The van der Waals surface area contributed by atoms with E-state index in [9.17, 15) is 0 Å². The monoisotopic (exact) mass is 188 g/mol. The Labute approximate surface area is 82.4 Å². The molecule has 0 bridgehead atoms. The van der Waals surface area contributed by atoms with E-state index >= 15 is 0 Å². The molecule has 0 aliphatic heterocycles. The minimum absolute atomic E-state index is 0.536. The second-order valence-corrected chi connectivity index (χ2v) is 3.20. The number of hydrogen-bond donors (Lipinski definition) is 1. The first-order chi connectivity index (χ1) is 6.70. The highest BCUT2D eigenvalue weighted by Gasteiger charge is 2.10. The highest BCUT2D eigenvalue weighted by Crippen LogP contribution is 2.23. The van der Waals surface area contributed by atoms with Gasteiger partial charge in [-0.2, -0.15) is 0 Å². The summed E-state index contributed by atoms with van der Waals surface area (Å²) < 4.78 is 1.88. The third-order valence-corrected chi connectivity index (χ3v) is 2.26. The fraction of sp³-hybridized carbons (Fsp3) is 0.200. The highest BCUT2D eigenvalue weighted by atomic mass is 15.1. The summed E-state index contributed by atoms with van der Waals surface area (Å²) in [6.45, 7) is 1.95. The van der Waals surface area contributed by atoms with Crippen molar-refractivity contribution in [2.75, 3.05) is 5.73 Å². The predicted molar refractivity (Wildman–Crippen MR) is 55.6 cm³/mol. The summed E-state index contributed by atoms with van der Waals surface area (Å²) in [5.74, 6) is 0.536. The molecule has 0 fully saturated rings. The lowest BCUT2D eigenvalue weighted by molar-refractivity contribution is 0.937. The molecule has 2 heterocycles. The van der Waals surface area contributed by atoms with Gasteiger partial charge in [0.1, 0.15) is 0 Å². The number of pyridine rings is 1. The van der Waals surface area contributed by atoms with Crippen LogP contribution in [0, 0.1) is 6.92 Å². The van der Waals surface area contributed by atoms with Gasteiger partial charge in [0.2, 0.25) is 5.95 Å². The van der Waals surface area contributed by atoms with Gasteiger partial charge in [0.15, 0.2) is 0 Å². The van der Waals surface area contributed by atoms with Gasteiger partial charge in [-0.3, -0.25) is 4.98 Å². The molecule has 2 rings (SSSR count). The minimum atomic E-state index is 0.536. The molecule has 0 aromatic carbocycles. The van der Waals surface area contributed by atoms with E-state index in [4.69, 9.17) is 5.73 Å². The van der Waals surface area contributed by atoms with Gasteiger partial charge in [-0.05, 0) is 19.1 Å². The second kappa shape index (κ2) is 3.14. The van der Waals surface area contributed by atoms with Gasteiger partial charge >= 0.3 is 0 Å². The van der Waals surface area contributed by atoms with E-state index in [0.717, 1.165) is 17.0 Å². The van der Waals surface area contributed by atoms with Crippen molar-refractivity contribution in [1.29, 1.82) is 0 Å². The summed E-state index contributed by atoms with van der Waals surface area (Å²) >= 11 is 0. The molecule has 0 atom stereocenters. The number of anilines is 1. The van der Waals surface area contributed by atoms with Crippen LogP contribution in [-0.4, -0.2) is 14.5 Å². The zero-order valence-corrected chi connectivity index (χ0v) is 8.23. The average molecular weight is 188 g/mol. The summed E-state index contributed by atoms with van der Waals surface area (Å²) in [7, 11) is 1.91. The summed E-state index contributed by atoms with van der Waals surface area (Å²) in [5, 5.41) is 0. The topological polar surface area (TPSA) is 56.7 Å². The quantitative estimate of drug-likeness (QED) is 0.735. The molecule has 0 saturated heterocycles. The van der Waals surface area contributed by atoms with E-state index < -0.39 is 0 Å². The first-order valence-corrected chi connectivity index (χ1v) is 4.39. The molecule has 4 heteroatoms. The molecule has 0 aliphatic rings. The minimum Gasteiger partial charge on any atom is -0.369 e. The average Bonchev–Trinajstić information content (AvgIpc) is 2.43. The first kappa shape index (κ1) is 8.74. The Balaban J connectivity index is 2.62. The summed E-state index contributed by atoms with van der Waals surface area (Å²) in [5.41, 5.74) is 8.79. The molecular weight excluding hydrogens is 176 g/mol. The number of nitrogen functional groups attached to an aromatic ring is 1.